The van der Waals surface area contributed by atoms with Gasteiger partial charge in [-0.2, -0.15) is 0 Å². The molecule has 6 heteroatoms. The van der Waals surface area contributed by atoms with Crippen molar-refractivity contribution in [3.63, 3.8) is 0 Å². The van der Waals surface area contributed by atoms with Gasteiger partial charge >= 0.3 is 7.12 Å². The number of allylic oxidation sites excluding steroid dienone is 1. The fourth-order valence-electron chi connectivity index (χ4n) is 2.66. The number of alkyl halides is 1. The molecule has 0 amide bonds. The number of benzene rings is 1. The Hall–Kier alpha value is -0.515. The second-order valence-corrected chi connectivity index (χ2v) is 8.25. The Morgan fingerprint density at radius 3 is 2.20 bits per heavy atom. The third-order valence-corrected chi connectivity index (χ3v) is 5.51. The summed E-state index contributed by atoms with van der Waals surface area (Å²) in [5.41, 5.74) is 0.595. The first-order chi connectivity index (χ1) is 11.7. The molecule has 138 valence electrons. The standard InChI is InChI=1S/C19H27BCl2O3/c1-18(2)19(3,4)25-20(24-18)16(8-6-5-7-13-21)17(23)14-9-11-15(22)12-10-14/h8-12,17,23H,5-7,13H2,1-4H3/b16-8-. The topological polar surface area (TPSA) is 38.7 Å². The summed E-state index contributed by atoms with van der Waals surface area (Å²) >= 11 is 11.7. The lowest BCUT2D eigenvalue weighted by Crippen LogP contribution is -2.41. The van der Waals surface area contributed by atoms with Crippen molar-refractivity contribution >= 4 is 30.3 Å². The van der Waals surface area contributed by atoms with Crippen molar-refractivity contribution in [1.29, 1.82) is 0 Å². The van der Waals surface area contributed by atoms with Crippen LogP contribution in [0.2, 0.25) is 5.02 Å². The van der Waals surface area contributed by atoms with Crippen molar-refractivity contribution in [2.24, 2.45) is 0 Å². The summed E-state index contributed by atoms with van der Waals surface area (Å²) in [6.45, 7) is 8.03. The van der Waals surface area contributed by atoms with E-state index in [1.807, 2.05) is 45.9 Å². The summed E-state index contributed by atoms with van der Waals surface area (Å²) in [5, 5.41) is 11.6. The molecule has 1 unspecified atom stereocenters. The average Bonchev–Trinajstić information content (AvgIpc) is 2.75. The van der Waals surface area contributed by atoms with Crippen LogP contribution in [0.5, 0.6) is 0 Å². The van der Waals surface area contributed by atoms with Gasteiger partial charge in [0.25, 0.3) is 0 Å². The predicted molar refractivity (Wildman–Crippen MR) is 105 cm³/mol. The zero-order valence-electron chi connectivity index (χ0n) is 15.4. The molecule has 1 N–H and O–H groups in total. The molecule has 1 aliphatic rings. The maximum atomic E-state index is 10.9. The summed E-state index contributed by atoms with van der Waals surface area (Å²) in [7, 11) is -0.577. The Morgan fingerprint density at radius 2 is 1.68 bits per heavy atom. The van der Waals surface area contributed by atoms with Crippen molar-refractivity contribution in [3.8, 4) is 0 Å². The fourth-order valence-corrected chi connectivity index (χ4v) is 2.98. The summed E-state index contributed by atoms with van der Waals surface area (Å²) in [6.07, 6.45) is 3.93. The minimum atomic E-state index is -0.803. The zero-order chi connectivity index (χ0) is 18.7. The van der Waals surface area contributed by atoms with Gasteiger partial charge in [-0.25, -0.2) is 0 Å². The van der Waals surface area contributed by atoms with Crippen LogP contribution in [0.4, 0.5) is 0 Å². The average molecular weight is 385 g/mol. The molecule has 25 heavy (non-hydrogen) atoms. The van der Waals surface area contributed by atoms with Gasteiger partial charge in [0, 0.05) is 10.9 Å². The highest BCUT2D eigenvalue weighted by atomic mass is 35.5. The minimum Gasteiger partial charge on any atom is -0.399 e. The molecule has 0 aromatic heterocycles. The van der Waals surface area contributed by atoms with Gasteiger partial charge in [0.05, 0.1) is 17.3 Å². The van der Waals surface area contributed by atoms with E-state index in [0.29, 0.717) is 10.9 Å². The first-order valence-corrected chi connectivity index (χ1v) is 9.64. The Labute approximate surface area is 161 Å². The van der Waals surface area contributed by atoms with Gasteiger partial charge in [0.15, 0.2) is 0 Å². The third kappa shape index (κ3) is 5.02. The number of halogens is 2. The maximum absolute atomic E-state index is 10.9. The second kappa shape index (κ2) is 8.45. The summed E-state index contributed by atoms with van der Waals surface area (Å²) in [6, 6.07) is 7.20. The van der Waals surface area contributed by atoms with Gasteiger partial charge in [-0.1, -0.05) is 29.8 Å². The van der Waals surface area contributed by atoms with Crippen LogP contribution < -0.4 is 0 Å². The van der Waals surface area contributed by atoms with Crippen LogP contribution in [0.3, 0.4) is 0 Å². The predicted octanol–water partition coefficient (Wildman–Crippen LogP) is 5.34. The molecule has 2 rings (SSSR count). The van der Waals surface area contributed by atoms with E-state index in [9.17, 15) is 5.11 Å². The van der Waals surface area contributed by atoms with E-state index < -0.39 is 24.4 Å². The van der Waals surface area contributed by atoms with E-state index in [1.54, 1.807) is 12.1 Å². The highest BCUT2D eigenvalue weighted by Gasteiger charge is 2.53. The van der Waals surface area contributed by atoms with E-state index in [1.165, 1.54) is 0 Å². The lowest BCUT2D eigenvalue weighted by Gasteiger charge is -2.32. The quantitative estimate of drug-likeness (QED) is 0.391. The van der Waals surface area contributed by atoms with Gasteiger partial charge in [-0.3, -0.25) is 0 Å². The molecule has 0 bridgehead atoms. The van der Waals surface area contributed by atoms with Gasteiger partial charge < -0.3 is 14.4 Å². The monoisotopic (exact) mass is 384 g/mol. The van der Waals surface area contributed by atoms with Crippen LogP contribution in [-0.4, -0.2) is 29.3 Å². The van der Waals surface area contributed by atoms with Crippen LogP contribution in [-0.2, 0) is 9.31 Å². The molecule has 0 spiro atoms. The lowest BCUT2D eigenvalue weighted by molar-refractivity contribution is 0.00578. The largest absolute Gasteiger partial charge is 0.493 e. The number of hydrogen-bond donors (Lipinski definition) is 1. The summed E-state index contributed by atoms with van der Waals surface area (Å²) in [4.78, 5) is 0. The van der Waals surface area contributed by atoms with E-state index in [-0.39, 0.29) is 0 Å². The first kappa shape index (κ1) is 20.8. The van der Waals surface area contributed by atoms with Crippen LogP contribution >= 0.6 is 23.2 Å². The highest BCUT2D eigenvalue weighted by molar-refractivity contribution is 6.55. The van der Waals surface area contributed by atoms with Crippen LogP contribution in [0.25, 0.3) is 0 Å². The SMILES string of the molecule is CC1(C)OB(/C(=C\CCCCCl)C(O)c2ccc(Cl)cc2)OC1(C)C. The maximum Gasteiger partial charge on any atom is 0.493 e. The lowest BCUT2D eigenvalue weighted by atomic mass is 9.72. The first-order valence-electron chi connectivity index (χ1n) is 8.73. The second-order valence-electron chi connectivity index (χ2n) is 7.43. The molecule has 0 aliphatic carbocycles. The van der Waals surface area contributed by atoms with Crippen molar-refractivity contribution < 1.29 is 14.4 Å². The highest BCUT2D eigenvalue weighted by Crippen LogP contribution is 2.41. The molecular formula is C19H27BCl2O3. The number of unbranched alkanes of at least 4 members (excludes halogenated alkanes) is 2. The fraction of sp³-hybridized carbons (Fsp3) is 0.579. The molecule has 1 heterocycles. The molecule has 1 aromatic rings. The molecule has 0 radical (unpaired) electrons. The number of hydrogen-bond acceptors (Lipinski definition) is 3. The van der Waals surface area contributed by atoms with E-state index >= 15 is 0 Å². The normalized spacial score (nSPS) is 20.8. The molecule has 1 aromatic carbocycles. The Kier molecular flexibility index (Phi) is 7.03. The van der Waals surface area contributed by atoms with E-state index in [4.69, 9.17) is 32.5 Å². The molecule has 3 nitrogen and oxygen atoms in total. The summed E-state index contributed by atoms with van der Waals surface area (Å²) in [5.74, 6) is 0.638. The molecule has 1 atom stereocenters. The van der Waals surface area contributed by atoms with Crippen LogP contribution in [0.15, 0.2) is 35.8 Å². The number of rotatable bonds is 7. The Bertz CT molecular complexity index is 583. The van der Waals surface area contributed by atoms with Crippen molar-refractivity contribution in [1.82, 2.24) is 0 Å². The van der Waals surface area contributed by atoms with Gasteiger partial charge in [-0.05, 0) is 70.1 Å². The van der Waals surface area contributed by atoms with Crippen LogP contribution in [0.1, 0.15) is 58.6 Å². The number of aliphatic hydroxyl groups is 1. The molecule has 0 saturated carbocycles. The Morgan fingerprint density at radius 1 is 1.12 bits per heavy atom. The van der Waals surface area contributed by atoms with Gasteiger partial charge in [-0.15, -0.1) is 11.6 Å². The smallest absolute Gasteiger partial charge is 0.399 e. The number of aliphatic hydroxyl groups excluding tert-OH is 1. The summed E-state index contributed by atoms with van der Waals surface area (Å²) < 4.78 is 12.3. The minimum absolute atomic E-state index is 0.452. The van der Waals surface area contributed by atoms with Crippen molar-refractivity contribution in [3.05, 3.63) is 46.4 Å². The molecule has 1 saturated heterocycles. The van der Waals surface area contributed by atoms with Crippen LogP contribution in [0, 0.1) is 0 Å². The third-order valence-electron chi connectivity index (χ3n) is 4.99. The van der Waals surface area contributed by atoms with E-state index in [0.717, 1.165) is 30.3 Å². The van der Waals surface area contributed by atoms with Gasteiger partial charge in [0.1, 0.15) is 0 Å². The Balaban J connectivity index is 2.26. The van der Waals surface area contributed by atoms with E-state index in [2.05, 4.69) is 0 Å². The van der Waals surface area contributed by atoms with Crippen molar-refractivity contribution in [2.45, 2.75) is 64.3 Å². The molecular weight excluding hydrogens is 358 g/mol. The zero-order valence-corrected chi connectivity index (χ0v) is 16.9. The molecule has 1 aliphatic heterocycles. The van der Waals surface area contributed by atoms with Gasteiger partial charge in [0.2, 0.25) is 0 Å². The molecule has 1 fully saturated rings. The van der Waals surface area contributed by atoms with Crippen molar-refractivity contribution in [2.75, 3.05) is 5.88 Å².